The van der Waals surface area contributed by atoms with Crippen LogP contribution in [0.25, 0.3) is 0 Å². The van der Waals surface area contributed by atoms with Gasteiger partial charge in [-0.05, 0) is 51.4 Å². The Balaban J connectivity index is 2.04. The number of pyridine rings is 1. The van der Waals surface area contributed by atoms with Gasteiger partial charge < -0.3 is 15.7 Å². The number of hydrogen-bond acceptors (Lipinski definition) is 5. The monoisotopic (exact) mass is 292 g/mol. The molecule has 1 fully saturated rings. The van der Waals surface area contributed by atoms with E-state index < -0.39 is 0 Å². The number of ether oxygens (including phenoxy) is 1. The van der Waals surface area contributed by atoms with Crippen molar-refractivity contribution in [2.24, 2.45) is 10.9 Å². The number of aromatic nitrogens is 1. The summed E-state index contributed by atoms with van der Waals surface area (Å²) in [6, 6.07) is 1.89. The number of nitrogens with two attached hydrogens (primary N) is 1. The molecule has 0 amide bonds. The zero-order valence-corrected chi connectivity index (χ0v) is 12.8. The molecule has 0 unspecified atom stereocenters. The molecule has 3 N–H and O–H groups in total. The van der Waals surface area contributed by atoms with Crippen molar-refractivity contribution < 1.29 is 9.94 Å². The van der Waals surface area contributed by atoms with Gasteiger partial charge in [0.1, 0.15) is 6.61 Å². The highest BCUT2D eigenvalue weighted by Gasteiger charge is 2.15. The number of likely N-dealkylation sites (tertiary alicyclic amines) is 1. The van der Waals surface area contributed by atoms with Crippen LogP contribution >= 0.6 is 0 Å². The van der Waals surface area contributed by atoms with Crippen LogP contribution in [0.4, 0.5) is 0 Å². The summed E-state index contributed by atoms with van der Waals surface area (Å²) >= 11 is 0. The summed E-state index contributed by atoms with van der Waals surface area (Å²) in [5.74, 6) is 0.479. The van der Waals surface area contributed by atoms with Gasteiger partial charge >= 0.3 is 0 Å². The van der Waals surface area contributed by atoms with Gasteiger partial charge in [-0.15, -0.1) is 0 Å². The fraction of sp³-hybridized carbons (Fsp3) is 0.600. The second-order valence-electron chi connectivity index (χ2n) is 5.50. The van der Waals surface area contributed by atoms with Crippen LogP contribution in [0.3, 0.4) is 0 Å². The molecule has 6 heteroatoms. The SMILES string of the molecule is Cc1cc(C)c(C(N)=NO)c(OCCN2CCCCC2)n1. The van der Waals surface area contributed by atoms with Crippen LogP contribution in [0.2, 0.25) is 0 Å². The normalized spacial score (nSPS) is 17.0. The molecular weight excluding hydrogens is 268 g/mol. The first kappa shape index (κ1) is 15.6. The van der Waals surface area contributed by atoms with E-state index in [-0.39, 0.29) is 5.84 Å². The molecule has 116 valence electrons. The third kappa shape index (κ3) is 4.07. The van der Waals surface area contributed by atoms with E-state index in [1.165, 1.54) is 19.3 Å². The van der Waals surface area contributed by atoms with Crippen molar-refractivity contribution in [1.29, 1.82) is 0 Å². The van der Waals surface area contributed by atoms with Crippen LogP contribution in [-0.4, -0.2) is 47.2 Å². The van der Waals surface area contributed by atoms with E-state index in [2.05, 4.69) is 15.0 Å². The van der Waals surface area contributed by atoms with Crippen molar-refractivity contribution >= 4 is 5.84 Å². The average molecular weight is 292 g/mol. The molecule has 0 bridgehead atoms. The molecule has 1 aromatic heterocycles. The molecule has 2 rings (SSSR count). The Morgan fingerprint density at radius 1 is 1.38 bits per heavy atom. The zero-order chi connectivity index (χ0) is 15.2. The third-order valence-corrected chi connectivity index (χ3v) is 3.77. The van der Waals surface area contributed by atoms with Crippen LogP contribution < -0.4 is 10.5 Å². The lowest BCUT2D eigenvalue weighted by Crippen LogP contribution is -2.33. The van der Waals surface area contributed by atoms with Gasteiger partial charge in [-0.25, -0.2) is 4.98 Å². The van der Waals surface area contributed by atoms with Crippen molar-refractivity contribution in [2.45, 2.75) is 33.1 Å². The molecule has 2 heterocycles. The Morgan fingerprint density at radius 2 is 2.10 bits per heavy atom. The summed E-state index contributed by atoms with van der Waals surface area (Å²) < 4.78 is 5.80. The minimum atomic E-state index is 0.0352. The number of amidine groups is 1. The van der Waals surface area contributed by atoms with Crippen LogP contribution in [0.5, 0.6) is 5.88 Å². The average Bonchev–Trinajstić information content (AvgIpc) is 2.47. The van der Waals surface area contributed by atoms with Crippen molar-refractivity contribution in [2.75, 3.05) is 26.2 Å². The fourth-order valence-electron chi connectivity index (χ4n) is 2.72. The summed E-state index contributed by atoms with van der Waals surface area (Å²) in [5, 5.41) is 12.0. The van der Waals surface area contributed by atoms with Crippen LogP contribution in [0.1, 0.15) is 36.1 Å². The van der Waals surface area contributed by atoms with E-state index in [9.17, 15) is 0 Å². The standard InChI is InChI=1S/C15H24N4O2/c1-11-10-12(2)17-15(13(11)14(16)18-20)21-9-8-19-6-4-3-5-7-19/h10,20H,3-9H2,1-2H3,(H2,16,18). The van der Waals surface area contributed by atoms with Crippen molar-refractivity contribution in [3.05, 3.63) is 22.9 Å². The number of nitrogens with zero attached hydrogens (tertiary/aromatic N) is 3. The summed E-state index contributed by atoms with van der Waals surface area (Å²) in [6.45, 7) is 7.51. The summed E-state index contributed by atoms with van der Waals surface area (Å²) in [4.78, 5) is 6.77. The van der Waals surface area contributed by atoms with Gasteiger partial charge in [0.2, 0.25) is 5.88 Å². The van der Waals surface area contributed by atoms with E-state index in [1.807, 2.05) is 19.9 Å². The first-order valence-corrected chi connectivity index (χ1v) is 7.43. The second kappa shape index (κ2) is 7.26. The molecule has 0 radical (unpaired) electrons. The predicted molar refractivity (Wildman–Crippen MR) is 82.0 cm³/mol. The highest BCUT2D eigenvalue weighted by molar-refractivity contribution is 6.00. The van der Waals surface area contributed by atoms with Gasteiger partial charge in [-0.3, -0.25) is 4.90 Å². The minimum Gasteiger partial charge on any atom is -0.476 e. The Hall–Kier alpha value is -1.82. The third-order valence-electron chi connectivity index (χ3n) is 3.77. The quantitative estimate of drug-likeness (QED) is 0.373. The Labute approximate surface area is 125 Å². The van der Waals surface area contributed by atoms with Crippen LogP contribution in [-0.2, 0) is 0 Å². The number of hydrogen-bond donors (Lipinski definition) is 2. The lowest BCUT2D eigenvalue weighted by molar-refractivity contribution is 0.180. The first-order valence-electron chi connectivity index (χ1n) is 7.43. The van der Waals surface area contributed by atoms with E-state index >= 15 is 0 Å². The molecule has 1 aromatic rings. The highest BCUT2D eigenvalue weighted by atomic mass is 16.5. The minimum absolute atomic E-state index is 0.0352. The first-order chi connectivity index (χ1) is 10.1. The van der Waals surface area contributed by atoms with Crippen LogP contribution in [0, 0.1) is 13.8 Å². The lowest BCUT2D eigenvalue weighted by atomic mass is 10.1. The molecule has 0 aromatic carbocycles. The maximum absolute atomic E-state index is 8.91. The van der Waals surface area contributed by atoms with E-state index in [1.54, 1.807) is 0 Å². The van der Waals surface area contributed by atoms with E-state index in [0.717, 1.165) is 30.9 Å². The van der Waals surface area contributed by atoms with Gasteiger partial charge in [0, 0.05) is 12.2 Å². The summed E-state index contributed by atoms with van der Waals surface area (Å²) in [5.41, 5.74) is 8.05. The predicted octanol–water partition coefficient (Wildman–Crippen LogP) is 1.66. The van der Waals surface area contributed by atoms with E-state index in [0.29, 0.717) is 18.1 Å². The molecule has 1 aliphatic rings. The fourth-order valence-corrected chi connectivity index (χ4v) is 2.72. The van der Waals surface area contributed by atoms with E-state index in [4.69, 9.17) is 15.7 Å². The number of piperidine rings is 1. The Bertz CT molecular complexity index is 511. The molecule has 0 saturated carbocycles. The van der Waals surface area contributed by atoms with Gasteiger partial charge in [-0.2, -0.15) is 0 Å². The van der Waals surface area contributed by atoms with Gasteiger partial charge in [0.25, 0.3) is 0 Å². The lowest BCUT2D eigenvalue weighted by Gasteiger charge is -2.26. The Kier molecular flexibility index (Phi) is 5.38. The highest BCUT2D eigenvalue weighted by Crippen LogP contribution is 2.21. The summed E-state index contributed by atoms with van der Waals surface area (Å²) in [6.07, 6.45) is 3.85. The largest absolute Gasteiger partial charge is 0.476 e. The van der Waals surface area contributed by atoms with Crippen molar-refractivity contribution in [1.82, 2.24) is 9.88 Å². The van der Waals surface area contributed by atoms with Gasteiger partial charge in [-0.1, -0.05) is 11.6 Å². The molecule has 21 heavy (non-hydrogen) atoms. The van der Waals surface area contributed by atoms with Gasteiger partial charge in [0.05, 0.1) is 5.56 Å². The van der Waals surface area contributed by atoms with Crippen molar-refractivity contribution in [3.63, 3.8) is 0 Å². The smallest absolute Gasteiger partial charge is 0.225 e. The molecular formula is C15H24N4O2. The topological polar surface area (TPSA) is 84.0 Å². The molecule has 0 spiro atoms. The van der Waals surface area contributed by atoms with Crippen molar-refractivity contribution in [3.8, 4) is 5.88 Å². The second-order valence-corrected chi connectivity index (χ2v) is 5.50. The number of oxime groups is 1. The maximum atomic E-state index is 8.91. The molecule has 0 aliphatic carbocycles. The molecule has 1 aliphatic heterocycles. The molecule has 0 atom stereocenters. The molecule has 1 saturated heterocycles. The molecule has 6 nitrogen and oxygen atoms in total. The van der Waals surface area contributed by atoms with Gasteiger partial charge in [0.15, 0.2) is 5.84 Å². The zero-order valence-electron chi connectivity index (χ0n) is 12.8. The van der Waals surface area contributed by atoms with Crippen LogP contribution in [0.15, 0.2) is 11.2 Å². The maximum Gasteiger partial charge on any atom is 0.225 e. The number of aryl methyl sites for hydroxylation is 2. The Morgan fingerprint density at radius 3 is 2.76 bits per heavy atom. The summed E-state index contributed by atoms with van der Waals surface area (Å²) in [7, 11) is 0. The number of rotatable bonds is 5.